The quantitative estimate of drug-likeness (QED) is 0.683. The minimum atomic E-state index is -0.490. The van der Waals surface area contributed by atoms with Crippen molar-refractivity contribution in [3.05, 3.63) is 27.0 Å². The van der Waals surface area contributed by atoms with Gasteiger partial charge < -0.3 is 10.5 Å². The van der Waals surface area contributed by atoms with Crippen LogP contribution in [0, 0.1) is 10.1 Å². The van der Waals surface area contributed by atoms with E-state index in [-0.39, 0.29) is 23.6 Å². The van der Waals surface area contributed by atoms with Crippen LogP contribution in [0.25, 0.3) is 0 Å². The lowest BCUT2D eigenvalue weighted by atomic mass is 9.93. The van der Waals surface area contributed by atoms with E-state index >= 15 is 0 Å². The Morgan fingerprint density at radius 2 is 2.28 bits per heavy atom. The van der Waals surface area contributed by atoms with Crippen molar-refractivity contribution >= 4 is 21.6 Å². The van der Waals surface area contributed by atoms with Gasteiger partial charge in [-0.3, -0.25) is 15.1 Å². The largest absolute Gasteiger partial charge is 0.483 e. The van der Waals surface area contributed by atoms with Gasteiger partial charge in [-0.15, -0.1) is 0 Å². The molecule has 2 N–H and O–H groups in total. The fraction of sp³-hybridized carbons (Fsp3) is 0.545. The van der Waals surface area contributed by atoms with Gasteiger partial charge in [-0.1, -0.05) is 0 Å². The lowest BCUT2D eigenvalue weighted by Gasteiger charge is -2.27. The van der Waals surface area contributed by atoms with E-state index in [0.29, 0.717) is 4.47 Å². The smallest absolute Gasteiger partial charge is 0.330 e. The standard InChI is InChI=1S/C11H14BrN3O3/c12-9-5-14-6-10(15(16)17)11(9)18-8-3-1-2-7(13)4-8/h5-8H,1-4,13H2. The minimum absolute atomic E-state index is 0.0638. The highest BCUT2D eigenvalue weighted by Gasteiger charge is 2.26. The molecule has 2 unspecified atom stereocenters. The van der Waals surface area contributed by atoms with Gasteiger partial charge in [0.1, 0.15) is 12.3 Å². The molecule has 1 aliphatic rings. The zero-order valence-electron chi connectivity index (χ0n) is 9.71. The first-order valence-electron chi connectivity index (χ1n) is 5.78. The van der Waals surface area contributed by atoms with Crippen LogP contribution in [-0.2, 0) is 0 Å². The number of nitrogens with two attached hydrogens (primary N) is 1. The number of nitro groups is 1. The Bertz CT molecular complexity index is 455. The van der Waals surface area contributed by atoms with Crippen molar-refractivity contribution in [3.63, 3.8) is 0 Å². The second-order valence-corrected chi connectivity index (χ2v) is 5.25. The van der Waals surface area contributed by atoms with Crippen LogP contribution < -0.4 is 10.5 Å². The van der Waals surface area contributed by atoms with Gasteiger partial charge in [-0.2, -0.15) is 0 Å². The Balaban J connectivity index is 2.20. The summed E-state index contributed by atoms with van der Waals surface area (Å²) in [5.74, 6) is 0.245. The Hall–Kier alpha value is -1.21. The zero-order chi connectivity index (χ0) is 13.1. The van der Waals surface area contributed by atoms with Crippen LogP contribution in [0.2, 0.25) is 0 Å². The molecule has 1 aliphatic carbocycles. The molecule has 98 valence electrons. The van der Waals surface area contributed by atoms with Crippen molar-refractivity contribution in [1.82, 2.24) is 4.98 Å². The Morgan fingerprint density at radius 1 is 1.50 bits per heavy atom. The third kappa shape index (κ3) is 2.97. The molecule has 2 atom stereocenters. The van der Waals surface area contributed by atoms with Crippen LogP contribution in [0.15, 0.2) is 16.9 Å². The normalized spacial score (nSPS) is 23.7. The highest BCUT2D eigenvalue weighted by atomic mass is 79.9. The van der Waals surface area contributed by atoms with Crippen LogP contribution in [0.4, 0.5) is 5.69 Å². The third-order valence-corrected chi connectivity index (χ3v) is 3.55. The molecule has 0 bridgehead atoms. The van der Waals surface area contributed by atoms with E-state index in [1.807, 2.05) is 0 Å². The van der Waals surface area contributed by atoms with E-state index in [0.717, 1.165) is 25.7 Å². The molecule has 1 saturated carbocycles. The topological polar surface area (TPSA) is 91.3 Å². The summed E-state index contributed by atoms with van der Waals surface area (Å²) < 4.78 is 6.24. The molecule has 1 aromatic heterocycles. The molecule has 0 amide bonds. The molecule has 6 nitrogen and oxygen atoms in total. The number of rotatable bonds is 3. The maximum atomic E-state index is 10.9. The minimum Gasteiger partial charge on any atom is -0.483 e. The van der Waals surface area contributed by atoms with Gasteiger partial charge in [0, 0.05) is 12.2 Å². The lowest BCUT2D eigenvalue weighted by Crippen LogP contribution is -2.33. The van der Waals surface area contributed by atoms with Gasteiger partial charge in [-0.05, 0) is 41.6 Å². The summed E-state index contributed by atoms with van der Waals surface area (Å²) >= 11 is 3.23. The van der Waals surface area contributed by atoms with Crippen LogP contribution >= 0.6 is 15.9 Å². The fourth-order valence-corrected chi connectivity index (χ4v) is 2.53. The molecule has 0 saturated heterocycles. The molecule has 1 heterocycles. The van der Waals surface area contributed by atoms with Crippen molar-refractivity contribution in [1.29, 1.82) is 0 Å². The maximum Gasteiger partial charge on any atom is 0.330 e. The summed E-state index contributed by atoms with van der Waals surface area (Å²) in [6.07, 6.45) is 6.20. The van der Waals surface area contributed by atoms with Gasteiger partial charge in [0.05, 0.1) is 9.40 Å². The maximum absolute atomic E-state index is 10.9. The van der Waals surface area contributed by atoms with Crippen LogP contribution in [0.3, 0.4) is 0 Å². The van der Waals surface area contributed by atoms with E-state index in [1.165, 1.54) is 12.4 Å². The third-order valence-electron chi connectivity index (χ3n) is 2.98. The van der Waals surface area contributed by atoms with Gasteiger partial charge in [0.25, 0.3) is 0 Å². The van der Waals surface area contributed by atoms with E-state index in [1.54, 1.807) is 0 Å². The van der Waals surface area contributed by atoms with Crippen LogP contribution in [-0.4, -0.2) is 22.1 Å². The monoisotopic (exact) mass is 315 g/mol. The Kier molecular flexibility index (Phi) is 4.13. The van der Waals surface area contributed by atoms with Gasteiger partial charge in [0.15, 0.2) is 0 Å². The van der Waals surface area contributed by atoms with Crippen molar-refractivity contribution in [2.75, 3.05) is 0 Å². The first-order valence-corrected chi connectivity index (χ1v) is 6.57. The number of hydrogen-bond donors (Lipinski definition) is 1. The van der Waals surface area contributed by atoms with Crippen LogP contribution in [0.1, 0.15) is 25.7 Å². The first-order chi connectivity index (χ1) is 8.58. The highest BCUT2D eigenvalue weighted by molar-refractivity contribution is 9.10. The predicted molar refractivity (Wildman–Crippen MR) is 69.5 cm³/mol. The fourth-order valence-electron chi connectivity index (χ4n) is 2.11. The number of halogens is 1. The van der Waals surface area contributed by atoms with E-state index in [9.17, 15) is 10.1 Å². The first kappa shape index (κ1) is 13.2. The van der Waals surface area contributed by atoms with Crippen molar-refractivity contribution in [3.8, 4) is 5.75 Å². The van der Waals surface area contributed by atoms with Crippen LogP contribution in [0.5, 0.6) is 5.75 Å². The number of hydrogen-bond acceptors (Lipinski definition) is 5. The summed E-state index contributed by atoms with van der Waals surface area (Å²) in [4.78, 5) is 14.2. The number of aromatic nitrogens is 1. The van der Waals surface area contributed by atoms with Gasteiger partial charge >= 0.3 is 5.69 Å². The second-order valence-electron chi connectivity index (χ2n) is 4.39. The Labute approximate surface area is 113 Å². The molecule has 18 heavy (non-hydrogen) atoms. The highest BCUT2D eigenvalue weighted by Crippen LogP contribution is 2.36. The molecule has 0 aromatic carbocycles. The number of ether oxygens (including phenoxy) is 1. The summed E-state index contributed by atoms with van der Waals surface area (Å²) in [6, 6.07) is 0.114. The van der Waals surface area contributed by atoms with Gasteiger partial charge in [-0.25, -0.2) is 0 Å². The SMILES string of the molecule is NC1CCCC(Oc2c(Br)cncc2[N+](=O)[O-])C1. The molecular weight excluding hydrogens is 302 g/mol. The summed E-state index contributed by atoms with van der Waals surface area (Å²) in [5.41, 5.74) is 5.76. The number of nitrogens with zero attached hydrogens (tertiary/aromatic N) is 2. The second kappa shape index (κ2) is 5.62. The zero-order valence-corrected chi connectivity index (χ0v) is 11.3. The van der Waals surface area contributed by atoms with E-state index in [4.69, 9.17) is 10.5 Å². The Morgan fingerprint density at radius 3 is 2.94 bits per heavy atom. The van der Waals surface area contributed by atoms with Gasteiger partial charge in [0.2, 0.25) is 5.75 Å². The molecule has 0 spiro atoms. The van der Waals surface area contributed by atoms with Crippen molar-refractivity contribution < 1.29 is 9.66 Å². The molecule has 0 radical (unpaired) electrons. The summed E-state index contributed by atoms with van der Waals surface area (Å²) in [6.45, 7) is 0. The molecule has 1 fully saturated rings. The average Bonchev–Trinajstić information content (AvgIpc) is 2.31. The van der Waals surface area contributed by atoms with Crippen molar-refractivity contribution in [2.45, 2.75) is 37.8 Å². The lowest BCUT2D eigenvalue weighted by molar-refractivity contribution is -0.386. The molecule has 2 rings (SSSR count). The van der Waals surface area contributed by atoms with E-state index < -0.39 is 4.92 Å². The average molecular weight is 316 g/mol. The molecule has 7 heteroatoms. The summed E-state index contributed by atoms with van der Waals surface area (Å²) in [7, 11) is 0. The molecule has 0 aliphatic heterocycles. The molecular formula is C11H14BrN3O3. The number of pyridine rings is 1. The van der Waals surface area contributed by atoms with Crippen molar-refractivity contribution in [2.24, 2.45) is 5.73 Å². The summed E-state index contributed by atoms with van der Waals surface area (Å²) in [5, 5.41) is 10.9. The van der Waals surface area contributed by atoms with E-state index in [2.05, 4.69) is 20.9 Å². The molecule has 1 aromatic rings. The predicted octanol–water partition coefficient (Wildman–Crippen LogP) is 2.40.